The Morgan fingerprint density at radius 1 is 0.644 bits per heavy atom. The van der Waals surface area contributed by atoms with Gasteiger partial charge in [-0.15, -0.1) is 37.2 Å². The van der Waals surface area contributed by atoms with Crippen molar-refractivity contribution in [1.82, 2.24) is 29.4 Å². The van der Waals surface area contributed by atoms with Crippen molar-refractivity contribution in [2.75, 3.05) is 123 Å². The molecular formula is C75H90Cl3F7N8O8. The highest BCUT2D eigenvalue weighted by Crippen LogP contribution is 2.48. The number of benzene rings is 6. The van der Waals surface area contributed by atoms with Crippen molar-refractivity contribution in [2.45, 2.75) is 106 Å². The van der Waals surface area contributed by atoms with Gasteiger partial charge >= 0.3 is 18.4 Å². The Morgan fingerprint density at radius 3 is 1.92 bits per heavy atom. The van der Waals surface area contributed by atoms with E-state index in [-0.39, 0.29) is 106 Å². The molecule has 2 N–H and O–H groups in total. The summed E-state index contributed by atoms with van der Waals surface area (Å²) in [4.78, 5) is 79.1. The van der Waals surface area contributed by atoms with E-state index in [2.05, 4.69) is 27.2 Å². The van der Waals surface area contributed by atoms with Crippen LogP contribution in [0.1, 0.15) is 113 Å². The molecule has 0 unspecified atom stereocenters. The average Bonchev–Trinajstić information content (AvgIpc) is 1.64. The highest BCUT2D eigenvalue weighted by Gasteiger charge is 2.50. The maximum absolute atomic E-state index is 14.3. The number of amides is 5. The largest absolute Gasteiger partial charge is 0.465 e. The van der Waals surface area contributed by atoms with Gasteiger partial charge in [-0.25, -0.2) is 9.18 Å². The van der Waals surface area contributed by atoms with Gasteiger partial charge in [-0.05, 0) is 154 Å². The van der Waals surface area contributed by atoms with E-state index < -0.39 is 57.9 Å². The number of carbonyl (C=O) groups is 5. The van der Waals surface area contributed by atoms with Crippen molar-refractivity contribution in [2.24, 2.45) is 0 Å². The molecule has 3 fully saturated rings. The lowest BCUT2D eigenvalue weighted by atomic mass is 9.72. The lowest BCUT2D eigenvalue weighted by molar-refractivity contribution is -0.143. The second-order valence-corrected chi connectivity index (χ2v) is 26.4. The number of halogens is 10. The third kappa shape index (κ3) is 20.2. The van der Waals surface area contributed by atoms with Crippen LogP contribution in [0.15, 0.2) is 146 Å². The number of alkyl halides is 6. The molecule has 26 heteroatoms. The molecule has 16 nitrogen and oxygen atoms in total. The van der Waals surface area contributed by atoms with E-state index in [0.29, 0.717) is 120 Å². The molecule has 0 aromatic heterocycles. The number of fused-ring (bicyclic) bond motifs is 2. The van der Waals surface area contributed by atoms with Crippen LogP contribution in [0, 0.1) is 5.82 Å². The van der Waals surface area contributed by atoms with Crippen molar-refractivity contribution < 1.29 is 69.3 Å². The van der Waals surface area contributed by atoms with Gasteiger partial charge in [0.05, 0.1) is 36.1 Å². The molecule has 3 saturated heterocycles. The number of carbonyl (C=O) groups excluding carboxylic acids is 4. The number of hydrogen-bond acceptors (Lipinski definition) is 10. The fraction of sp³-hybridized carbons (Fsp3) is 0.453. The van der Waals surface area contributed by atoms with Crippen LogP contribution in [0.4, 0.5) is 46.9 Å². The minimum Gasteiger partial charge on any atom is -0.465 e. The molecule has 1 spiro atoms. The fourth-order valence-electron chi connectivity index (χ4n) is 14.3. The van der Waals surface area contributed by atoms with Crippen LogP contribution in [-0.2, 0) is 48.9 Å². The highest BCUT2D eigenvalue weighted by atomic mass is 35.5. The number of piperidine rings is 2. The summed E-state index contributed by atoms with van der Waals surface area (Å²) in [5.74, 6) is -1.79. The topological polar surface area (TPSA) is 159 Å². The summed E-state index contributed by atoms with van der Waals surface area (Å²) in [6.45, 7) is 5.40. The minimum atomic E-state index is -5.15. The molecule has 0 saturated carbocycles. The normalized spacial score (nSPS) is 17.7. The first-order chi connectivity index (χ1) is 46.9. The van der Waals surface area contributed by atoms with E-state index in [4.69, 9.17) is 9.47 Å². The minimum absolute atomic E-state index is 0. The van der Waals surface area contributed by atoms with Crippen molar-refractivity contribution >= 4 is 78.3 Å². The predicted molar refractivity (Wildman–Crippen MR) is 382 cm³/mol. The lowest BCUT2D eigenvalue weighted by Gasteiger charge is -2.46. The number of nitrogens with zero attached hydrogens (tertiary/aromatic N) is 7. The number of nitrogens with one attached hydrogen (secondary N) is 1. The van der Waals surface area contributed by atoms with E-state index >= 15 is 0 Å². The molecule has 1 aliphatic carbocycles. The monoisotopic (exact) mass is 1470 g/mol. The Kier molecular flexibility index (Phi) is 28.9. The molecular weight excluding hydrogens is 1380 g/mol. The molecule has 4 aliphatic rings. The standard InChI is InChI=1S/C75H87F7N8O8.3ClH/c1-84(36-14-37-86(3)69(93)54-22-28-61(29-23-54)83-35-13-5-8-21-67(91)85(2)43-44-87-38-30-62(31-39-87)90(71(95)96)65-20-12-10-18-63(65)53-15-6-4-7-16-53)68(92)51-97-66-49-55-17-9-11-19-64(55)72(66)32-40-88(41-33-72)42-34-73(57-24-26-60(76)27-25-57)52-89(45-46-98-73)70(94)56-47-58(74(77,78)79)50-59(48-56)75(80,81)82;;;/h4,6-7,9-12,15-20,22-29,47-48,50,62,66,83H,5,8,13-14,21,30-46,49,51-52H2,1-3H3,(H,95,96);3*1H/t66-,73+;;;/m0.../s1. The van der Waals surface area contributed by atoms with E-state index in [1.807, 2.05) is 85.9 Å². The number of rotatable bonds is 26. The Labute approximate surface area is 604 Å². The van der Waals surface area contributed by atoms with E-state index in [0.717, 1.165) is 66.8 Å². The van der Waals surface area contributed by atoms with E-state index in [1.165, 1.54) is 34.1 Å². The molecule has 10 rings (SSSR count). The molecule has 6 aromatic rings. The van der Waals surface area contributed by atoms with Crippen LogP contribution in [0.25, 0.3) is 11.1 Å². The third-order valence-electron chi connectivity index (χ3n) is 20.1. The van der Waals surface area contributed by atoms with Crippen molar-refractivity contribution in [3.05, 3.63) is 190 Å². The van der Waals surface area contributed by atoms with E-state index in [1.54, 1.807) is 40.9 Å². The summed E-state index contributed by atoms with van der Waals surface area (Å²) in [5, 5.41) is 13.8. The molecule has 6 aromatic carbocycles. The summed E-state index contributed by atoms with van der Waals surface area (Å²) in [5.41, 5.74) is 1.11. The Bertz CT molecular complexity index is 3680. The van der Waals surface area contributed by atoms with Crippen molar-refractivity contribution in [1.29, 1.82) is 0 Å². The van der Waals surface area contributed by atoms with Gasteiger partial charge in [0.2, 0.25) is 11.8 Å². The molecule has 2 atom stereocenters. The van der Waals surface area contributed by atoms with Gasteiger partial charge in [0.25, 0.3) is 11.8 Å². The number of para-hydroxylation sites is 1. The summed E-state index contributed by atoms with van der Waals surface area (Å²) in [6.07, 6.45) is -4.46. The van der Waals surface area contributed by atoms with Crippen molar-refractivity contribution in [3.8, 4) is 11.1 Å². The first-order valence-corrected chi connectivity index (χ1v) is 33.8. The van der Waals surface area contributed by atoms with E-state index in [9.17, 15) is 59.8 Å². The number of unbranched alkanes of at least 4 members (excludes halogenated alkanes) is 2. The smallest absolute Gasteiger partial charge is 0.416 e. The highest BCUT2D eigenvalue weighted by molar-refractivity contribution is 5.96. The second kappa shape index (κ2) is 36.1. The van der Waals surface area contributed by atoms with Crippen LogP contribution >= 0.6 is 37.2 Å². The Morgan fingerprint density at radius 2 is 1.26 bits per heavy atom. The average molecular weight is 1470 g/mol. The molecule has 548 valence electrons. The zero-order valence-electron chi connectivity index (χ0n) is 57.0. The molecule has 101 heavy (non-hydrogen) atoms. The van der Waals surface area contributed by atoms with Crippen LogP contribution in [0.3, 0.4) is 0 Å². The fourth-order valence-corrected chi connectivity index (χ4v) is 14.3. The number of anilines is 2. The third-order valence-corrected chi connectivity index (χ3v) is 20.1. The number of hydrogen-bond donors (Lipinski definition) is 2. The molecule has 0 bridgehead atoms. The first kappa shape index (κ1) is 80.8. The molecule has 0 radical (unpaired) electrons. The molecule has 3 aliphatic heterocycles. The zero-order valence-corrected chi connectivity index (χ0v) is 59.4. The van der Waals surface area contributed by atoms with Crippen LogP contribution < -0.4 is 10.2 Å². The quantitative estimate of drug-likeness (QED) is 0.0393. The van der Waals surface area contributed by atoms with Gasteiger partial charge in [-0.1, -0.05) is 91.3 Å². The van der Waals surface area contributed by atoms with Gasteiger partial charge in [0, 0.05) is 120 Å². The molecule has 5 amide bonds. The van der Waals surface area contributed by atoms with Gasteiger partial charge < -0.3 is 49.3 Å². The van der Waals surface area contributed by atoms with Gasteiger partial charge in [0.1, 0.15) is 18.0 Å². The number of likely N-dealkylation sites (N-methyl/N-ethyl adjacent to an activating group) is 2. The van der Waals surface area contributed by atoms with Crippen LogP contribution in [0.5, 0.6) is 0 Å². The Hall–Kier alpha value is -7.51. The van der Waals surface area contributed by atoms with Crippen LogP contribution in [0.2, 0.25) is 0 Å². The number of likely N-dealkylation sites (tertiary alicyclic amines) is 2. The summed E-state index contributed by atoms with van der Waals surface area (Å²) < 4.78 is 110. The number of ether oxygens (including phenoxy) is 2. The SMILES string of the molecule is CN(CCN1CCC(N(C(=O)O)c2ccccc2-c2ccccc2)CC1)C(=O)CCCCCNc1ccc(C(=O)N(C)CCCN(C)C(=O)CO[C@H]2Cc3ccccc3C23CCN(CC[C@]2(c4ccc(F)cc4)CN(C(=O)c4cc(C(F)(F)F)cc(C(F)(F)F)c4)CCO2)CC3)cc1.Cl.Cl.Cl. The zero-order chi connectivity index (χ0) is 69.8. The predicted octanol–water partition coefficient (Wildman–Crippen LogP) is 14.2. The number of carboxylic acid groups (broad SMARTS) is 1. The van der Waals surface area contributed by atoms with Crippen LogP contribution in [-0.4, -0.2) is 189 Å². The number of morpholine rings is 1. The maximum Gasteiger partial charge on any atom is 0.416 e. The van der Waals surface area contributed by atoms with Gasteiger partial charge in [0.15, 0.2) is 0 Å². The van der Waals surface area contributed by atoms with Crippen molar-refractivity contribution in [3.63, 3.8) is 0 Å². The second-order valence-electron chi connectivity index (χ2n) is 26.4. The summed E-state index contributed by atoms with van der Waals surface area (Å²) in [7, 11) is 5.29. The molecule has 3 heterocycles. The Balaban J connectivity index is 0.00000477. The first-order valence-electron chi connectivity index (χ1n) is 33.8. The lowest BCUT2D eigenvalue weighted by Crippen LogP contribution is -2.54. The summed E-state index contributed by atoms with van der Waals surface area (Å²) in [6, 6.07) is 39.2. The summed E-state index contributed by atoms with van der Waals surface area (Å²) >= 11 is 0. The van der Waals surface area contributed by atoms with Gasteiger partial charge in [-0.2, -0.15) is 26.3 Å². The maximum atomic E-state index is 14.3. The van der Waals surface area contributed by atoms with Gasteiger partial charge in [-0.3, -0.25) is 24.1 Å².